The van der Waals surface area contributed by atoms with Crippen molar-refractivity contribution in [1.82, 2.24) is 15.2 Å². The molecule has 0 fully saturated rings. The Labute approximate surface area is 134 Å². The number of hydrogen-bond donors (Lipinski definition) is 1. The third-order valence-corrected chi connectivity index (χ3v) is 3.70. The molecule has 1 N–H and O–H groups in total. The van der Waals surface area contributed by atoms with Crippen LogP contribution in [-0.2, 0) is 0 Å². The van der Waals surface area contributed by atoms with Gasteiger partial charge in [0.15, 0.2) is 5.82 Å². The van der Waals surface area contributed by atoms with Crippen molar-refractivity contribution < 1.29 is 0 Å². The molecule has 0 spiro atoms. The SMILES string of the molecule is CCCCN(C)c1cnnc(Nc2ccc(Cl)c(Cl)c2)n1. The van der Waals surface area contributed by atoms with Gasteiger partial charge < -0.3 is 10.2 Å². The Morgan fingerprint density at radius 1 is 1.24 bits per heavy atom. The van der Waals surface area contributed by atoms with Gasteiger partial charge in [-0.15, -0.1) is 5.10 Å². The van der Waals surface area contributed by atoms with Crippen LogP contribution in [-0.4, -0.2) is 28.8 Å². The monoisotopic (exact) mass is 325 g/mol. The normalized spacial score (nSPS) is 10.5. The number of benzene rings is 1. The fourth-order valence-electron chi connectivity index (χ4n) is 1.74. The molecule has 0 saturated heterocycles. The minimum Gasteiger partial charge on any atom is -0.358 e. The molecule has 7 heteroatoms. The molecule has 0 aliphatic rings. The van der Waals surface area contributed by atoms with Gasteiger partial charge >= 0.3 is 0 Å². The van der Waals surface area contributed by atoms with Gasteiger partial charge in [0.2, 0.25) is 5.95 Å². The topological polar surface area (TPSA) is 53.9 Å². The zero-order valence-corrected chi connectivity index (χ0v) is 13.5. The number of halogens is 2. The van der Waals surface area contributed by atoms with E-state index in [4.69, 9.17) is 23.2 Å². The van der Waals surface area contributed by atoms with Crippen LogP contribution in [0.15, 0.2) is 24.4 Å². The first-order valence-corrected chi connectivity index (χ1v) is 7.48. The van der Waals surface area contributed by atoms with Gasteiger partial charge in [-0.25, -0.2) is 0 Å². The van der Waals surface area contributed by atoms with E-state index in [1.807, 2.05) is 13.1 Å². The second-order valence-corrected chi connectivity index (χ2v) is 5.48. The predicted molar refractivity (Wildman–Crippen MR) is 87.7 cm³/mol. The molecule has 2 aromatic rings. The summed E-state index contributed by atoms with van der Waals surface area (Å²) in [5.74, 6) is 1.20. The lowest BCUT2D eigenvalue weighted by Crippen LogP contribution is -2.20. The number of rotatable bonds is 6. The van der Waals surface area contributed by atoms with E-state index in [0.29, 0.717) is 16.0 Å². The molecule has 0 bridgehead atoms. The molecule has 1 heterocycles. The van der Waals surface area contributed by atoms with Gasteiger partial charge in [0.25, 0.3) is 0 Å². The number of hydrogen-bond acceptors (Lipinski definition) is 5. The molecule has 1 aromatic heterocycles. The van der Waals surface area contributed by atoms with E-state index in [-0.39, 0.29) is 0 Å². The molecule has 2 rings (SSSR count). The second kappa shape index (κ2) is 7.43. The van der Waals surface area contributed by atoms with Crippen LogP contribution in [0.1, 0.15) is 19.8 Å². The quantitative estimate of drug-likeness (QED) is 0.864. The van der Waals surface area contributed by atoms with Crippen molar-refractivity contribution >= 4 is 40.7 Å². The minimum atomic E-state index is 0.425. The fourth-order valence-corrected chi connectivity index (χ4v) is 2.04. The Hall–Kier alpha value is -1.59. The molecule has 0 atom stereocenters. The summed E-state index contributed by atoms with van der Waals surface area (Å²) >= 11 is 11.9. The zero-order chi connectivity index (χ0) is 15.2. The van der Waals surface area contributed by atoms with Crippen LogP contribution >= 0.6 is 23.2 Å². The van der Waals surface area contributed by atoms with Crippen LogP contribution in [0.25, 0.3) is 0 Å². The van der Waals surface area contributed by atoms with Crippen LogP contribution in [0.4, 0.5) is 17.5 Å². The summed E-state index contributed by atoms with van der Waals surface area (Å²) in [6.45, 7) is 3.09. The average molecular weight is 326 g/mol. The molecule has 5 nitrogen and oxygen atoms in total. The Morgan fingerprint density at radius 2 is 2.05 bits per heavy atom. The minimum absolute atomic E-state index is 0.425. The lowest BCUT2D eigenvalue weighted by molar-refractivity contribution is 0.754. The van der Waals surface area contributed by atoms with Crippen LogP contribution in [0.5, 0.6) is 0 Å². The molecule has 0 saturated carbocycles. The highest BCUT2D eigenvalue weighted by atomic mass is 35.5. The fraction of sp³-hybridized carbons (Fsp3) is 0.357. The maximum absolute atomic E-state index is 5.98. The van der Waals surface area contributed by atoms with Gasteiger partial charge in [-0.2, -0.15) is 10.1 Å². The Balaban J connectivity index is 2.11. The maximum atomic E-state index is 5.98. The smallest absolute Gasteiger partial charge is 0.249 e. The van der Waals surface area contributed by atoms with E-state index < -0.39 is 0 Å². The standard InChI is InChI=1S/C14H17Cl2N5/c1-3-4-7-21(2)13-9-17-20-14(19-13)18-10-5-6-11(15)12(16)8-10/h5-6,8-9H,3-4,7H2,1-2H3,(H,18,19,20). The molecule has 0 amide bonds. The molecule has 21 heavy (non-hydrogen) atoms. The molecule has 0 aliphatic heterocycles. The molecule has 112 valence electrons. The first-order chi connectivity index (χ1) is 10.1. The summed E-state index contributed by atoms with van der Waals surface area (Å²) in [6, 6.07) is 5.25. The Bertz CT molecular complexity index is 606. The summed E-state index contributed by atoms with van der Waals surface area (Å²) in [6.07, 6.45) is 3.89. The van der Waals surface area contributed by atoms with Gasteiger partial charge in [-0.05, 0) is 24.6 Å². The molecule has 0 unspecified atom stereocenters. The van der Waals surface area contributed by atoms with Crippen LogP contribution in [0.2, 0.25) is 10.0 Å². The number of anilines is 3. The molecule has 0 aliphatic carbocycles. The van der Waals surface area contributed by atoms with Crippen molar-refractivity contribution in [1.29, 1.82) is 0 Å². The molecular weight excluding hydrogens is 309 g/mol. The predicted octanol–water partition coefficient (Wildman–Crippen LogP) is 4.16. The van der Waals surface area contributed by atoms with Gasteiger partial charge in [0.05, 0.1) is 16.2 Å². The van der Waals surface area contributed by atoms with Crippen molar-refractivity contribution in [2.24, 2.45) is 0 Å². The van der Waals surface area contributed by atoms with Crippen molar-refractivity contribution in [3.63, 3.8) is 0 Å². The van der Waals surface area contributed by atoms with Crippen molar-refractivity contribution in [2.75, 3.05) is 23.8 Å². The van der Waals surface area contributed by atoms with Gasteiger partial charge in [0, 0.05) is 19.3 Å². The van der Waals surface area contributed by atoms with E-state index in [2.05, 4.69) is 32.3 Å². The zero-order valence-electron chi connectivity index (χ0n) is 12.0. The third-order valence-electron chi connectivity index (χ3n) is 2.96. The molecule has 0 radical (unpaired) electrons. The van der Waals surface area contributed by atoms with Gasteiger partial charge in [-0.1, -0.05) is 36.5 Å². The van der Waals surface area contributed by atoms with Crippen molar-refractivity contribution in [3.05, 3.63) is 34.4 Å². The van der Waals surface area contributed by atoms with Gasteiger partial charge in [-0.3, -0.25) is 0 Å². The summed E-state index contributed by atoms with van der Waals surface area (Å²) in [7, 11) is 1.99. The van der Waals surface area contributed by atoms with Crippen LogP contribution in [0.3, 0.4) is 0 Å². The van der Waals surface area contributed by atoms with Crippen LogP contribution < -0.4 is 10.2 Å². The maximum Gasteiger partial charge on any atom is 0.249 e. The number of nitrogens with one attached hydrogen (secondary N) is 1. The van der Waals surface area contributed by atoms with E-state index in [0.717, 1.165) is 30.9 Å². The number of unbranched alkanes of at least 4 members (excludes halogenated alkanes) is 1. The summed E-state index contributed by atoms with van der Waals surface area (Å²) in [4.78, 5) is 6.49. The highest BCUT2D eigenvalue weighted by Crippen LogP contribution is 2.26. The molecule has 1 aromatic carbocycles. The van der Waals surface area contributed by atoms with E-state index in [1.165, 1.54) is 0 Å². The number of nitrogens with zero attached hydrogens (tertiary/aromatic N) is 4. The third kappa shape index (κ3) is 4.44. The van der Waals surface area contributed by atoms with E-state index >= 15 is 0 Å². The molecular formula is C14H17Cl2N5. The first kappa shape index (κ1) is 15.8. The number of aromatic nitrogens is 3. The summed E-state index contributed by atoms with van der Waals surface area (Å²) in [5, 5.41) is 12.0. The highest BCUT2D eigenvalue weighted by molar-refractivity contribution is 6.42. The van der Waals surface area contributed by atoms with Crippen molar-refractivity contribution in [3.8, 4) is 0 Å². The Morgan fingerprint density at radius 3 is 2.76 bits per heavy atom. The Kier molecular flexibility index (Phi) is 5.59. The average Bonchev–Trinajstić information content (AvgIpc) is 2.49. The summed E-state index contributed by atoms with van der Waals surface area (Å²) < 4.78 is 0. The van der Waals surface area contributed by atoms with Crippen LogP contribution in [0, 0.1) is 0 Å². The van der Waals surface area contributed by atoms with E-state index in [9.17, 15) is 0 Å². The first-order valence-electron chi connectivity index (χ1n) is 6.73. The van der Waals surface area contributed by atoms with Gasteiger partial charge in [0.1, 0.15) is 0 Å². The largest absolute Gasteiger partial charge is 0.358 e. The lowest BCUT2D eigenvalue weighted by atomic mass is 10.3. The second-order valence-electron chi connectivity index (χ2n) is 4.67. The summed E-state index contributed by atoms with van der Waals surface area (Å²) in [5.41, 5.74) is 0.763. The lowest BCUT2D eigenvalue weighted by Gasteiger charge is -2.17. The highest BCUT2D eigenvalue weighted by Gasteiger charge is 2.06. The van der Waals surface area contributed by atoms with Crippen molar-refractivity contribution in [2.45, 2.75) is 19.8 Å². The van der Waals surface area contributed by atoms with E-state index in [1.54, 1.807) is 18.3 Å².